The lowest BCUT2D eigenvalue weighted by molar-refractivity contribution is -0.136. The molecule has 16 heavy (non-hydrogen) atoms. The van der Waals surface area contributed by atoms with E-state index in [1.165, 1.54) is 0 Å². The van der Waals surface area contributed by atoms with Crippen LogP contribution in [0.3, 0.4) is 0 Å². The van der Waals surface area contributed by atoms with Gasteiger partial charge < -0.3 is 5.11 Å². The van der Waals surface area contributed by atoms with Crippen molar-refractivity contribution in [1.82, 2.24) is 4.98 Å². The average molecular weight is 315 g/mol. The first-order valence-corrected chi connectivity index (χ1v) is 5.52. The van der Waals surface area contributed by atoms with Crippen LogP contribution in [0.15, 0.2) is 10.7 Å². The molecule has 0 radical (unpaired) electrons. The molecule has 0 spiro atoms. The van der Waals surface area contributed by atoms with Crippen LogP contribution in [0.25, 0.3) is 0 Å². The maximum absolute atomic E-state index is 12.4. The van der Waals surface area contributed by atoms with Crippen molar-refractivity contribution in [2.24, 2.45) is 0 Å². The van der Waals surface area contributed by atoms with Gasteiger partial charge in [0.1, 0.15) is 10.3 Å². The van der Waals surface area contributed by atoms with Gasteiger partial charge in [0, 0.05) is 11.4 Å². The third kappa shape index (κ3) is 3.12. The molecule has 1 rings (SSSR count). The lowest BCUT2D eigenvalue weighted by Crippen LogP contribution is -2.07. The molecule has 0 atom stereocenters. The lowest BCUT2D eigenvalue weighted by Gasteiger charge is -2.09. The van der Waals surface area contributed by atoms with Gasteiger partial charge in [-0.15, -0.1) is 11.6 Å². The average Bonchev–Trinajstić information content (AvgIpc) is 2.19. The molecule has 0 bridgehead atoms. The Bertz CT molecular complexity index is 415. The van der Waals surface area contributed by atoms with Gasteiger partial charge in [-0.2, -0.15) is 0 Å². The zero-order valence-corrected chi connectivity index (χ0v) is 10.2. The van der Waals surface area contributed by atoms with Crippen molar-refractivity contribution in [3.8, 4) is 0 Å². The summed E-state index contributed by atoms with van der Waals surface area (Å²) >= 11 is 8.55. The summed E-state index contributed by atoms with van der Waals surface area (Å²) in [5.74, 6) is -1.11. The standard InChI is InChI=1S/C9H7BrClF2NO2/c10-8-5(2-7(15)16)4(3-11)1-6(14-8)9(12)13/h1,9H,2-3H2,(H,15,16). The number of nitrogens with zero attached hydrogens (tertiary/aromatic N) is 1. The number of aliphatic carboxylic acids is 1. The Kier molecular flexibility index (Phi) is 4.61. The highest BCUT2D eigenvalue weighted by molar-refractivity contribution is 9.10. The fraction of sp³-hybridized carbons (Fsp3) is 0.333. The first-order chi connectivity index (χ1) is 7.45. The van der Waals surface area contributed by atoms with Crippen LogP contribution in [0.1, 0.15) is 23.2 Å². The minimum absolute atomic E-state index is 0.0382. The summed E-state index contributed by atoms with van der Waals surface area (Å²) in [5, 5.41) is 8.65. The van der Waals surface area contributed by atoms with Crippen molar-refractivity contribution >= 4 is 33.5 Å². The SMILES string of the molecule is O=C(O)Cc1c(CCl)cc(C(F)F)nc1Br. The number of pyridine rings is 1. The van der Waals surface area contributed by atoms with E-state index >= 15 is 0 Å². The zero-order chi connectivity index (χ0) is 12.3. The van der Waals surface area contributed by atoms with E-state index in [1.54, 1.807) is 0 Å². The molecule has 1 N–H and O–H groups in total. The van der Waals surface area contributed by atoms with Crippen LogP contribution in [0.5, 0.6) is 0 Å². The zero-order valence-electron chi connectivity index (χ0n) is 7.88. The molecule has 0 aromatic carbocycles. The maximum atomic E-state index is 12.4. The number of rotatable bonds is 4. The third-order valence-corrected chi connectivity index (χ3v) is 2.83. The van der Waals surface area contributed by atoms with E-state index in [0.29, 0.717) is 11.1 Å². The second kappa shape index (κ2) is 5.54. The first kappa shape index (κ1) is 13.3. The summed E-state index contributed by atoms with van der Waals surface area (Å²) in [4.78, 5) is 14.1. The van der Waals surface area contributed by atoms with Gasteiger partial charge in [-0.25, -0.2) is 13.8 Å². The Balaban J connectivity index is 3.22. The smallest absolute Gasteiger partial charge is 0.307 e. The van der Waals surface area contributed by atoms with Crippen LogP contribution in [0.4, 0.5) is 8.78 Å². The minimum Gasteiger partial charge on any atom is -0.481 e. The van der Waals surface area contributed by atoms with E-state index in [0.717, 1.165) is 6.07 Å². The van der Waals surface area contributed by atoms with Crippen molar-refractivity contribution in [2.75, 3.05) is 0 Å². The molecular weight excluding hydrogens is 307 g/mol. The van der Waals surface area contributed by atoms with Gasteiger partial charge in [-0.05, 0) is 27.6 Å². The van der Waals surface area contributed by atoms with E-state index in [1.807, 2.05) is 0 Å². The second-order valence-electron chi connectivity index (χ2n) is 2.98. The molecule has 0 saturated carbocycles. The van der Waals surface area contributed by atoms with E-state index < -0.39 is 18.1 Å². The van der Waals surface area contributed by atoms with Crippen LogP contribution < -0.4 is 0 Å². The van der Waals surface area contributed by atoms with Crippen LogP contribution >= 0.6 is 27.5 Å². The van der Waals surface area contributed by atoms with E-state index in [9.17, 15) is 13.6 Å². The summed E-state index contributed by atoms with van der Waals surface area (Å²) in [6.07, 6.45) is -3.02. The number of carboxylic acids is 1. The largest absolute Gasteiger partial charge is 0.481 e. The van der Waals surface area contributed by atoms with Crippen LogP contribution in [-0.2, 0) is 17.1 Å². The quantitative estimate of drug-likeness (QED) is 0.686. The number of aromatic nitrogens is 1. The molecule has 0 amide bonds. The van der Waals surface area contributed by atoms with Gasteiger partial charge in [0.15, 0.2) is 0 Å². The van der Waals surface area contributed by atoms with Gasteiger partial charge in [0.05, 0.1) is 6.42 Å². The lowest BCUT2D eigenvalue weighted by atomic mass is 10.1. The Labute approximate surface area is 104 Å². The predicted octanol–water partition coefficient (Wildman–Crippen LogP) is 3.15. The van der Waals surface area contributed by atoms with Crippen molar-refractivity contribution in [1.29, 1.82) is 0 Å². The fourth-order valence-electron chi connectivity index (χ4n) is 1.18. The molecule has 88 valence electrons. The number of alkyl halides is 3. The third-order valence-electron chi connectivity index (χ3n) is 1.88. The summed E-state index contributed by atoms with van der Waals surface area (Å²) in [7, 11) is 0. The first-order valence-electron chi connectivity index (χ1n) is 4.19. The summed E-state index contributed by atoms with van der Waals surface area (Å²) in [6.45, 7) is 0. The van der Waals surface area contributed by atoms with Gasteiger partial charge in [-0.1, -0.05) is 0 Å². The summed E-state index contributed by atoms with van der Waals surface area (Å²) in [6, 6.07) is 1.13. The molecule has 0 unspecified atom stereocenters. The van der Waals surface area contributed by atoms with Gasteiger partial charge in [-0.3, -0.25) is 4.79 Å². The molecule has 1 heterocycles. The molecule has 3 nitrogen and oxygen atoms in total. The van der Waals surface area contributed by atoms with Crippen molar-refractivity contribution in [2.45, 2.75) is 18.7 Å². The maximum Gasteiger partial charge on any atom is 0.307 e. The second-order valence-corrected chi connectivity index (χ2v) is 4.00. The molecule has 0 aliphatic rings. The predicted molar refractivity (Wildman–Crippen MR) is 57.8 cm³/mol. The summed E-state index contributed by atoms with van der Waals surface area (Å²) < 4.78 is 24.9. The number of carbonyl (C=O) groups is 1. The highest BCUT2D eigenvalue weighted by Crippen LogP contribution is 2.26. The van der Waals surface area contributed by atoms with Crippen molar-refractivity contribution in [3.05, 3.63) is 27.5 Å². The highest BCUT2D eigenvalue weighted by Gasteiger charge is 2.17. The van der Waals surface area contributed by atoms with Crippen molar-refractivity contribution in [3.63, 3.8) is 0 Å². The van der Waals surface area contributed by atoms with Gasteiger partial charge in [0.2, 0.25) is 0 Å². The Morgan fingerprint density at radius 1 is 1.62 bits per heavy atom. The van der Waals surface area contributed by atoms with E-state index in [-0.39, 0.29) is 16.9 Å². The molecule has 1 aromatic heterocycles. The number of hydrogen-bond acceptors (Lipinski definition) is 2. The van der Waals surface area contributed by atoms with E-state index in [2.05, 4.69) is 20.9 Å². The Morgan fingerprint density at radius 3 is 2.69 bits per heavy atom. The Morgan fingerprint density at radius 2 is 2.25 bits per heavy atom. The highest BCUT2D eigenvalue weighted by atomic mass is 79.9. The molecular formula is C9H7BrClF2NO2. The minimum atomic E-state index is -2.71. The van der Waals surface area contributed by atoms with Crippen LogP contribution in [0.2, 0.25) is 0 Å². The molecule has 0 aliphatic heterocycles. The topological polar surface area (TPSA) is 50.2 Å². The van der Waals surface area contributed by atoms with Crippen LogP contribution in [-0.4, -0.2) is 16.1 Å². The monoisotopic (exact) mass is 313 g/mol. The molecule has 0 saturated heterocycles. The number of carboxylic acid groups (broad SMARTS) is 1. The van der Waals surface area contributed by atoms with Crippen molar-refractivity contribution < 1.29 is 18.7 Å². The molecule has 0 aliphatic carbocycles. The Hall–Kier alpha value is -0.750. The van der Waals surface area contributed by atoms with Gasteiger partial charge >= 0.3 is 5.97 Å². The van der Waals surface area contributed by atoms with E-state index in [4.69, 9.17) is 16.7 Å². The number of halogens is 4. The normalized spacial score (nSPS) is 10.8. The van der Waals surface area contributed by atoms with Gasteiger partial charge in [0.25, 0.3) is 6.43 Å². The van der Waals surface area contributed by atoms with Crippen LogP contribution in [0, 0.1) is 0 Å². The molecule has 7 heteroatoms. The summed E-state index contributed by atoms with van der Waals surface area (Å²) in [5.41, 5.74) is 0.254. The number of hydrogen-bond donors (Lipinski definition) is 1. The molecule has 0 fully saturated rings. The fourth-order valence-corrected chi connectivity index (χ4v) is 2.02. The molecule has 1 aromatic rings.